The van der Waals surface area contributed by atoms with E-state index in [9.17, 15) is 4.79 Å². The number of rotatable bonds is 3. The first-order valence-electron chi connectivity index (χ1n) is 5.20. The number of amides is 1. The number of carboxylic acid groups (broad SMARTS) is 1. The lowest BCUT2D eigenvalue weighted by Crippen LogP contribution is -2.36. The van der Waals surface area contributed by atoms with Gasteiger partial charge in [0.05, 0.1) is 5.54 Å². The van der Waals surface area contributed by atoms with Gasteiger partial charge in [0.25, 0.3) is 0 Å². The Morgan fingerprint density at radius 2 is 2.38 bits per heavy atom. The molecule has 0 unspecified atom stereocenters. The molecule has 4 heteroatoms. The zero-order valence-electron chi connectivity index (χ0n) is 9.13. The second kappa shape index (κ2) is 3.96. The summed E-state index contributed by atoms with van der Waals surface area (Å²) in [4.78, 5) is 16.3. The molecule has 1 aromatic rings. The van der Waals surface area contributed by atoms with Gasteiger partial charge < -0.3 is 10.0 Å². The number of hydrogen-bond donors (Lipinski definition) is 1. The van der Waals surface area contributed by atoms with E-state index < -0.39 is 6.09 Å². The van der Waals surface area contributed by atoms with Gasteiger partial charge in [0.1, 0.15) is 0 Å². The van der Waals surface area contributed by atoms with Gasteiger partial charge in [0.2, 0.25) is 0 Å². The van der Waals surface area contributed by atoms with Crippen molar-refractivity contribution in [3.05, 3.63) is 36.2 Å². The molecule has 0 bridgehead atoms. The van der Waals surface area contributed by atoms with Crippen LogP contribution in [0.4, 0.5) is 4.79 Å². The molecule has 1 aliphatic rings. The summed E-state index contributed by atoms with van der Waals surface area (Å²) in [5.41, 5.74) is 0.703. The second-order valence-corrected chi connectivity index (χ2v) is 4.06. The van der Waals surface area contributed by atoms with Crippen molar-refractivity contribution in [1.29, 1.82) is 0 Å². The van der Waals surface area contributed by atoms with Crippen LogP contribution < -0.4 is 0 Å². The molecule has 1 N–H and O–H groups in total. The van der Waals surface area contributed by atoms with Crippen molar-refractivity contribution in [1.82, 2.24) is 9.88 Å². The first-order chi connectivity index (χ1) is 7.64. The van der Waals surface area contributed by atoms with Gasteiger partial charge in [0, 0.05) is 19.4 Å². The number of pyridine rings is 1. The maximum absolute atomic E-state index is 10.9. The Labute approximate surface area is 94.2 Å². The Morgan fingerprint density at radius 3 is 2.88 bits per heavy atom. The van der Waals surface area contributed by atoms with E-state index in [1.807, 2.05) is 24.3 Å². The highest BCUT2D eigenvalue weighted by atomic mass is 16.4. The van der Waals surface area contributed by atoms with E-state index in [4.69, 9.17) is 5.11 Å². The molecule has 0 aromatic carbocycles. The fraction of sp³-hybridized carbons (Fsp3) is 0.333. The number of likely N-dealkylation sites (N-methyl/N-ethyl adjacent to an activating group) is 1. The first-order valence-corrected chi connectivity index (χ1v) is 5.20. The van der Waals surface area contributed by atoms with E-state index in [0.29, 0.717) is 0 Å². The predicted octanol–water partition coefficient (Wildman–Crippen LogP) is 2.24. The van der Waals surface area contributed by atoms with Gasteiger partial charge in [-0.1, -0.05) is 18.2 Å². The van der Waals surface area contributed by atoms with Crippen LogP contribution in [-0.4, -0.2) is 33.7 Å². The Balaban J connectivity index is 2.10. The molecule has 0 saturated heterocycles. The van der Waals surface area contributed by atoms with Crippen LogP contribution in [0.15, 0.2) is 30.6 Å². The normalized spacial score (nSPS) is 17.3. The SMILES string of the molecule is CN(C(=O)O)C1(C=Cc2cccnc2)CC1. The first kappa shape index (κ1) is 10.7. The molecule has 16 heavy (non-hydrogen) atoms. The summed E-state index contributed by atoms with van der Waals surface area (Å²) in [6.07, 6.45) is 8.27. The summed E-state index contributed by atoms with van der Waals surface area (Å²) in [7, 11) is 1.61. The van der Waals surface area contributed by atoms with E-state index in [-0.39, 0.29) is 5.54 Å². The molecule has 1 aromatic heterocycles. The molecule has 2 rings (SSSR count). The van der Waals surface area contributed by atoms with Gasteiger partial charge in [-0.2, -0.15) is 0 Å². The quantitative estimate of drug-likeness (QED) is 0.846. The van der Waals surface area contributed by atoms with Gasteiger partial charge in [-0.05, 0) is 24.5 Å². The Kier molecular flexibility index (Phi) is 2.64. The van der Waals surface area contributed by atoms with Crippen molar-refractivity contribution in [2.24, 2.45) is 0 Å². The maximum atomic E-state index is 10.9. The average Bonchev–Trinajstić information content (AvgIpc) is 3.08. The zero-order valence-corrected chi connectivity index (χ0v) is 9.13. The number of aromatic nitrogens is 1. The van der Waals surface area contributed by atoms with Crippen LogP contribution >= 0.6 is 0 Å². The van der Waals surface area contributed by atoms with Crippen LogP contribution in [0, 0.1) is 0 Å². The van der Waals surface area contributed by atoms with Gasteiger partial charge in [-0.25, -0.2) is 4.79 Å². The van der Waals surface area contributed by atoms with Crippen LogP contribution in [0.2, 0.25) is 0 Å². The minimum atomic E-state index is -0.881. The van der Waals surface area contributed by atoms with Crippen LogP contribution in [0.25, 0.3) is 6.08 Å². The van der Waals surface area contributed by atoms with Crippen LogP contribution in [-0.2, 0) is 0 Å². The summed E-state index contributed by atoms with van der Waals surface area (Å²) in [5.74, 6) is 0. The Bertz CT molecular complexity index is 410. The van der Waals surface area contributed by atoms with Gasteiger partial charge in [-0.15, -0.1) is 0 Å². The summed E-state index contributed by atoms with van der Waals surface area (Å²) in [6.45, 7) is 0. The summed E-state index contributed by atoms with van der Waals surface area (Å²) < 4.78 is 0. The average molecular weight is 218 g/mol. The van der Waals surface area contributed by atoms with E-state index in [1.165, 1.54) is 4.90 Å². The molecule has 1 heterocycles. The van der Waals surface area contributed by atoms with Crippen molar-refractivity contribution < 1.29 is 9.90 Å². The number of hydrogen-bond acceptors (Lipinski definition) is 2. The molecule has 1 amide bonds. The topological polar surface area (TPSA) is 53.4 Å². The maximum Gasteiger partial charge on any atom is 0.407 e. The molecule has 1 saturated carbocycles. The van der Waals surface area contributed by atoms with Crippen LogP contribution in [0.3, 0.4) is 0 Å². The molecule has 84 valence electrons. The Morgan fingerprint density at radius 1 is 1.62 bits per heavy atom. The highest BCUT2D eigenvalue weighted by Gasteiger charge is 2.46. The van der Waals surface area contributed by atoms with E-state index >= 15 is 0 Å². The zero-order chi connectivity index (χ0) is 11.6. The lowest BCUT2D eigenvalue weighted by atomic mass is 10.1. The molecule has 4 nitrogen and oxygen atoms in total. The van der Waals surface area contributed by atoms with Crippen molar-refractivity contribution in [3.63, 3.8) is 0 Å². The number of nitrogens with zero attached hydrogens (tertiary/aromatic N) is 2. The Hall–Kier alpha value is -1.84. The highest BCUT2D eigenvalue weighted by Crippen LogP contribution is 2.42. The smallest absolute Gasteiger partial charge is 0.407 e. The fourth-order valence-corrected chi connectivity index (χ4v) is 1.66. The van der Waals surface area contributed by atoms with Crippen LogP contribution in [0.5, 0.6) is 0 Å². The van der Waals surface area contributed by atoms with E-state index in [0.717, 1.165) is 18.4 Å². The molecule has 1 aliphatic carbocycles. The lowest BCUT2D eigenvalue weighted by Gasteiger charge is -2.21. The van der Waals surface area contributed by atoms with Crippen molar-refractivity contribution in [2.45, 2.75) is 18.4 Å². The van der Waals surface area contributed by atoms with Crippen molar-refractivity contribution in [3.8, 4) is 0 Å². The fourth-order valence-electron chi connectivity index (χ4n) is 1.66. The van der Waals surface area contributed by atoms with Gasteiger partial charge in [0.15, 0.2) is 0 Å². The summed E-state index contributed by atoms with van der Waals surface area (Å²) in [5, 5.41) is 8.93. The summed E-state index contributed by atoms with van der Waals surface area (Å²) >= 11 is 0. The number of carbonyl (C=O) groups is 1. The molecular weight excluding hydrogens is 204 g/mol. The highest BCUT2D eigenvalue weighted by molar-refractivity contribution is 5.68. The summed E-state index contributed by atoms with van der Waals surface area (Å²) in [6, 6.07) is 3.81. The third-order valence-corrected chi connectivity index (χ3v) is 2.99. The van der Waals surface area contributed by atoms with E-state index in [1.54, 1.807) is 19.4 Å². The molecule has 1 fully saturated rings. The molecule has 0 aliphatic heterocycles. The third kappa shape index (κ3) is 2.05. The standard InChI is InChI=1S/C12H14N2O2/c1-14(11(15)16)12(6-7-12)5-4-10-3-2-8-13-9-10/h2-5,8-9H,6-7H2,1H3,(H,15,16). The van der Waals surface area contributed by atoms with E-state index in [2.05, 4.69) is 4.98 Å². The van der Waals surface area contributed by atoms with Crippen LogP contribution in [0.1, 0.15) is 18.4 Å². The molecule has 0 radical (unpaired) electrons. The van der Waals surface area contributed by atoms with Crippen molar-refractivity contribution >= 4 is 12.2 Å². The van der Waals surface area contributed by atoms with Gasteiger partial charge >= 0.3 is 6.09 Å². The monoisotopic (exact) mass is 218 g/mol. The second-order valence-electron chi connectivity index (χ2n) is 4.06. The minimum Gasteiger partial charge on any atom is -0.465 e. The van der Waals surface area contributed by atoms with Crippen molar-refractivity contribution in [2.75, 3.05) is 7.05 Å². The lowest BCUT2D eigenvalue weighted by molar-refractivity contribution is 0.142. The van der Waals surface area contributed by atoms with Gasteiger partial charge in [-0.3, -0.25) is 4.98 Å². The third-order valence-electron chi connectivity index (χ3n) is 2.99. The molecule has 0 atom stereocenters. The largest absolute Gasteiger partial charge is 0.465 e. The molecular formula is C12H14N2O2. The predicted molar refractivity (Wildman–Crippen MR) is 61.0 cm³/mol. The minimum absolute atomic E-state index is 0.290. The molecule has 0 spiro atoms.